The normalized spacial score (nSPS) is 18.8. The van der Waals surface area contributed by atoms with Crippen molar-refractivity contribution in [2.24, 2.45) is 4.99 Å². The number of morpholine rings is 2. The number of nitrogens with two attached hydrogens (primary N) is 1. The Morgan fingerprint density at radius 2 is 1.23 bits per heavy atom. The van der Waals surface area contributed by atoms with E-state index < -0.39 is 36.8 Å². The zero-order chi connectivity index (χ0) is 55.7. The molecule has 0 aromatic carbocycles. The van der Waals surface area contributed by atoms with Gasteiger partial charge in [0.2, 0.25) is 29.1 Å². The highest BCUT2D eigenvalue weighted by atomic mass is 35.5. The van der Waals surface area contributed by atoms with Gasteiger partial charge in [0.1, 0.15) is 11.4 Å². The van der Waals surface area contributed by atoms with Gasteiger partial charge >= 0.3 is 13.2 Å². The lowest BCUT2D eigenvalue weighted by Crippen LogP contribution is -2.50. The highest BCUT2D eigenvalue weighted by molar-refractivity contribution is 6.62. The number of amides is 1. The van der Waals surface area contributed by atoms with Gasteiger partial charge in [-0.3, -0.25) is 0 Å². The summed E-state index contributed by atoms with van der Waals surface area (Å²) in [5, 5.41) is 3.45. The number of nitrogen functional groups attached to an aromatic ring is 1. The summed E-state index contributed by atoms with van der Waals surface area (Å²) in [7, 11) is 2.70. The molecule has 9 heterocycles. The summed E-state index contributed by atoms with van der Waals surface area (Å²) in [4.78, 5) is 62.4. The van der Waals surface area contributed by atoms with Crippen LogP contribution in [0.5, 0.6) is 0 Å². The number of carbonyl (C=O) groups excluding carboxylic acids is 1. The maximum atomic E-state index is 13.6. The third-order valence-corrected chi connectivity index (χ3v) is 13.1. The number of nitrogens with zero attached hydrogens (tertiary/aromatic N) is 15. The molecule has 0 aliphatic carbocycles. The average molecular weight is 1100 g/mol. The van der Waals surface area contributed by atoms with Crippen molar-refractivity contribution in [3.63, 3.8) is 0 Å². The quantitative estimate of drug-likeness (QED) is 0.0951. The standard InChI is InChI=1S/C17H22F2N8O.C16H25ClN6O3.C15H22BF2N3O2/c18-14(19)11-9-13(20)22-10-12(11)15-23-16(26-3-1-21-2-4-26)25-17(24-15)27-5-7-28-8-6-27;1-16(2,3)26-15(24)23-6-4-21(5-7-23)13-18-12(17)19-14(20-13)22-8-10-25-11-9-22;1-14(2)15(3,4)23-16(22-14)11-8-19-12(20-9-21(5)6)7-10(11)13(17)18/h9-10,14,21H,1-8H2,(H2,20,22);4-11H2,1-3H3;7-9,13H,1-6H3. The second kappa shape index (κ2) is 25.6. The van der Waals surface area contributed by atoms with Crippen molar-refractivity contribution in [3.8, 4) is 11.4 Å². The van der Waals surface area contributed by atoms with E-state index in [9.17, 15) is 22.4 Å². The van der Waals surface area contributed by atoms with Gasteiger partial charge in [0.05, 0.1) is 44.0 Å². The van der Waals surface area contributed by atoms with Crippen molar-refractivity contribution >= 4 is 72.0 Å². The number of pyridine rings is 2. The van der Waals surface area contributed by atoms with Crippen LogP contribution in [0.3, 0.4) is 0 Å². The SMILES string of the molecule is CC(C)(C)OC(=O)N1CCN(c2nc(Cl)nc(N3CCOCC3)n2)CC1.CN(C)C=Nc1cc(C(F)F)c(B2OC(C)(C)C(C)(C)O2)cn1.Nc1cc(C(F)F)c(-c2nc(N3CCNCC3)nc(N3CCOCC3)n2)cn1. The zero-order valence-electron chi connectivity index (χ0n) is 45.1. The number of halogens is 5. The van der Waals surface area contributed by atoms with Gasteiger partial charge in [0.25, 0.3) is 12.9 Å². The Kier molecular flexibility index (Phi) is 19.5. The third kappa shape index (κ3) is 15.8. The van der Waals surface area contributed by atoms with Gasteiger partial charge in [-0.25, -0.2) is 37.3 Å². The molecule has 5 aliphatic heterocycles. The van der Waals surface area contributed by atoms with Crippen LogP contribution in [-0.2, 0) is 23.5 Å². The molecule has 0 unspecified atom stereocenters. The topological polar surface area (TPSA) is 236 Å². The molecule has 77 heavy (non-hydrogen) atoms. The third-order valence-electron chi connectivity index (χ3n) is 12.9. The van der Waals surface area contributed by atoms with Crippen molar-refractivity contribution in [1.29, 1.82) is 0 Å². The summed E-state index contributed by atoms with van der Waals surface area (Å²) in [6, 6.07) is 2.44. The molecule has 1 amide bonds. The van der Waals surface area contributed by atoms with E-state index in [4.69, 9.17) is 40.9 Å². The predicted molar refractivity (Wildman–Crippen MR) is 285 cm³/mol. The molecule has 0 radical (unpaired) electrons. The van der Waals surface area contributed by atoms with Crippen LogP contribution in [0.15, 0.2) is 29.5 Å². The van der Waals surface area contributed by atoms with Gasteiger partial charge in [-0.05, 0) is 72.2 Å². The Hall–Kier alpha value is -6.07. The minimum Gasteiger partial charge on any atom is -0.444 e. The van der Waals surface area contributed by atoms with Crippen LogP contribution in [-0.4, -0.2) is 205 Å². The van der Waals surface area contributed by atoms with E-state index in [1.807, 2.05) is 68.1 Å². The number of rotatable bonds is 10. The van der Waals surface area contributed by atoms with E-state index in [-0.39, 0.29) is 51.0 Å². The first kappa shape index (κ1) is 58.6. The Balaban J connectivity index is 0.000000169. The molecule has 3 N–H and O–H groups in total. The van der Waals surface area contributed by atoms with Crippen LogP contribution in [0.2, 0.25) is 5.28 Å². The van der Waals surface area contributed by atoms with Gasteiger partial charge in [-0.15, -0.1) is 0 Å². The van der Waals surface area contributed by atoms with Gasteiger partial charge < -0.3 is 64.0 Å². The van der Waals surface area contributed by atoms with Crippen molar-refractivity contribution in [3.05, 3.63) is 40.9 Å². The molecular weight excluding hydrogens is 1030 g/mol. The Labute approximate surface area is 451 Å². The Morgan fingerprint density at radius 1 is 0.740 bits per heavy atom. The van der Waals surface area contributed by atoms with Crippen molar-refractivity contribution in [2.45, 2.75) is 78.1 Å². The molecule has 0 bridgehead atoms. The summed E-state index contributed by atoms with van der Waals surface area (Å²) in [6.45, 7) is 23.6. The van der Waals surface area contributed by atoms with Crippen LogP contribution in [0.1, 0.15) is 72.4 Å². The van der Waals surface area contributed by atoms with Crippen LogP contribution in [0.4, 0.5) is 57.8 Å². The molecular formula is C48H69BClF4N17O6. The molecule has 4 aromatic rings. The largest absolute Gasteiger partial charge is 0.496 e. The second-order valence-electron chi connectivity index (χ2n) is 20.6. The van der Waals surface area contributed by atoms with Crippen molar-refractivity contribution in [2.75, 3.05) is 144 Å². The summed E-state index contributed by atoms with van der Waals surface area (Å²) in [5.74, 6) is 2.46. The molecule has 5 saturated heterocycles. The van der Waals surface area contributed by atoms with Gasteiger partial charge in [0.15, 0.2) is 11.6 Å². The summed E-state index contributed by atoms with van der Waals surface area (Å²) in [5.41, 5.74) is 3.90. The molecule has 0 spiro atoms. The van der Waals surface area contributed by atoms with Crippen LogP contribution in [0, 0.1) is 0 Å². The van der Waals surface area contributed by atoms with Gasteiger partial charge in [-0.2, -0.15) is 29.9 Å². The fourth-order valence-corrected chi connectivity index (χ4v) is 8.25. The zero-order valence-corrected chi connectivity index (χ0v) is 45.8. The minimum atomic E-state index is -2.72. The summed E-state index contributed by atoms with van der Waals surface area (Å²) >= 11 is 6.11. The van der Waals surface area contributed by atoms with E-state index >= 15 is 0 Å². The number of hydrogen-bond donors (Lipinski definition) is 2. The van der Waals surface area contributed by atoms with E-state index in [0.717, 1.165) is 39.3 Å². The number of aromatic nitrogens is 8. The summed E-state index contributed by atoms with van der Waals surface area (Å²) in [6.07, 6.45) is -1.51. The monoisotopic (exact) mass is 1100 g/mol. The maximum Gasteiger partial charge on any atom is 0.496 e. The van der Waals surface area contributed by atoms with Gasteiger partial charge in [-0.1, -0.05) is 0 Å². The first-order chi connectivity index (χ1) is 36.5. The fraction of sp³-hybridized carbons (Fsp3) is 0.625. The number of aliphatic imine (C=N–C) groups is 1. The first-order valence-corrected chi connectivity index (χ1v) is 25.7. The maximum absolute atomic E-state index is 13.6. The van der Waals surface area contributed by atoms with Crippen LogP contribution < -0.4 is 36.1 Å². The molecule has 5 fully saturated rings. The van der Waals surface area contributed by atoms with E-state index in [1.54, 1.807) is 23.9 Å². The molecule has 420 valence electrons. The van der Waals surface area contributed by atoms with Crippen LogP contribution in [0.25, 0.3) is 11.4 Å². The lowest BCUT2D eigenvalue weighted by Gasteiger charge is -2.36. The van der Waals surface area contributed by atoms with Crippen LogP contribution >= 0.6 is 11.6 Å². The molecule has 4 aromatic heterocycles. The number of ether oxygens (including phenoxy) is 3. The first-order valence-electron chi connectivity index (χ1n) is 25.4. The molecule has 0 atom stereocenters. The smallest absolute Gasteiger partial charge is 0.444 e. The van der Waals surface area contributed by atoms with Gasteiger partial charge in [0, 0.05) is 127 Å². The number of alkyl halides is 4. The Bertz CT molecular complexity index is 2580. The highest BCUT2D eigenvalue weighted by Gasteiger charge is 2.52. The molecule has 5 aliphatic rings. The number of piperazine rings is 2. The van der Waals surface area contributed by atoms with Crippen molar-refractivity contribution < 1.29 is 45.9 Å². The lowest BCUT2D eigenvalue weighted by atomic mass is 9.77. The fourth-order valence-electron chi connectivity index (χ4n) is 8.10. The molecule has 29 heteroatoms. The number of nitrogens with one attached hydrogen (secondary N) is 1. The number of carbonyl (C=O) groups is 1. The molecule has 9 rings (SSSR count). The number of hydrogen-bond acceptors (Lipinski definition) is 21. The number of anilines is 5. The minimum absolute atomic E-state index is 0.0313. The Morgan fingerprint density at radius 3 is 1.73 bits per heavy atom. The van der Waals surface area contributed by atoms with E-state index in [0.29, 0.717) is 89.5 Å². The highest BCUT2D eigenvalue weighted by Crippen LogP contribution is 2.38. The predicted octanol–water partition coefficient (Wildman–Crippen LogP) is 4.66. The lowest BCUT2D eigenvalue weighted by molar-refractivity contribution is 0.00578. The van der Waals surface area contributed by atoms with E-state index in [2.05, 4.69) is 50.2 Å². The van der Waals surface area contributed by atoms with E-state index in [1.165, 1.54) is 30.9 Å². The van der Waals surface area contributed by atoms with Crippen molar-refractivity contribution in [1.82, 2.24) is 55.0 Å². The molecule has 23 nitrogen and oxygen atoms in total. The molecule has 0 saturated carbocycles. The summed E-state index contributed by atoms with van der Waals surface area (Å²) < 4.78 is 81.9. The second-order valence-corrected chi connectivity index (χ2v) is 21.0. The average Bonchev–Trinajstić information content (AvgIpc) is 3.73.